The zero-order valence-electron chi connectivity index (χ0n) is 38.0. The number of aliphatic carboxylic acids is 1. The van der Waals surface area contributed by atoms with E-state index in [1.54, 1.807) is 38.2 Å². The van der Waals surface area contributed by atoms with Crippen LogP contribution in [0.3, 0.4) is 0 Å². The van der Waals surface area contributed by atoms with E-state index in [9.17, 15) is 66.1 Å². The van der Waals surface area contributed by atoms with Crippen molar-refractivity contribution in [3.63, 3.8) is 0 Å². The average molecular weight is 928 g/mol. The van der Waals surface area contributed by atoms with Crippen molar-refractivity contribution in [2.24, 2.45) is 23.5 Å². The lowest BCUT2D eigenvalue weighted by atomic mass is 9.82. The summed E-state index contributed by atoms with van der Waals surface area (Å²) in [7, 11) is 0. The van der Waals surface area contributed by atoms with Gasteiger partial charge in [-0.2, -0.15) is 0 Å². The summed E-state index contributed by atoms with van der Waals surface area (Å²) < 4.78 is 23.4. The third kappa shape index (κ3) is 19.1. The average Bonchev–Trinajstić information content (AvgIpc) is 3.21. The quantitative estimate of drug-likeness (QED) is 0.186. The zero-order chi connectivity index (χ0) is 48.4. The standard InChI is InChI=1S/C47H77NO17/c1-27-17-15-13-11-9-7-5-6-8-10-12-14-16-18-34(64-46-44(58)41(48)43(57)30(4)63-46)24-38-40(45(59)60)37(54)26-47(61,65-38)25-36(53)35(52)20-19-31(49)21-32(50)22-33(51)23-39(55)62-29(3)28(2)42(27)56/h5-6,8,10-18,27-44,46,49-58,61H,7,9,19-26,48H2,1-4H3,(H,59,60)/b6-5+,10-8+,13-11+,14-12+,17-15+,18-16+/t27-,28-,29-,30+,31?,32?,33?,34?,35?,36?,37?,38?,39?,40?,41-,42+,43+,44-,46+,47+/m0/s1. The maximum Gasteiger partial charge on any atom is 0.311 e. The molecule has 2 bridgehead atoms. The Balaban J connectivity index is 1.84. The molecule has 3 aliphatic rings. The molecule has 0 radical (unpaired) electrons. The van der Waals surface area contributed by atoms with E-state index in [-0.39, 0.29) is 50.4 Å². The van der Waals surface area contributed by atoms with E-state index < -0.39 is 128 Å². The van der Waals surface area contributed by atoms with Gasteiger partial charge in [-0.05, 0) is 52.4 Å². The fraction of sp³-hybridized carbons (Fsp3) is 0.723. The van der Waals surface area contributed by atoms with Gasteiger partial charge in [0.1, 0.15) is 12.0 Å². The van der Waals surface area contributed by atoms with E-state index in [0.29, 0.717) is 0 Å². The van der Waals surface area contributed by atoms with Crippen LogP contribution in [0, 0.1) is 17.8 Å². The maximum atomic E-state index is 12.5. The third-order valence-electron chi connectivity index (χ3n) is 12.4. The first-order valence-electron chi connectivity index (χ1n) is 22.8. The Labute approximate surface area is 382 Å². The van der Waals surface area contributed by atoms with Gasteiger partial charge in [0, 0.05) is 37.5 Å². The molecule has 2 saturated heterocycles. The van der Waals surface area contributed by atoms with Crippen molar-refractivity contribution in [3.05, 3.63) is 72.9 Å². The van der Waals surface area contributed by atoms with E-state index >= 15 is 0 Å². The number of hydrogen-bond acceptors (Lipinski definition) is 17. The maximum absolute atomic E-state index is 12.5. The van der Waals surface area contributed by atoms with Crippen molar-refractivity contribution in [2.45, 2.75) is 196 Å². The summed E-state index contributed by atoms with van der Waals surface area (Å²) in [5.41, 5.74) is 6.02. The van der Waals surface area contributed by atoms with Gasteiger partial charge in [0.15, 0.2) is 18.4 Å². The number of carboxylic acids is 1. The molecule has 18 heteroatoms. The van der Waals surface area contributed by atoms with Gasteiger partial charge >= 0.3 is 5.97 Å². The Morgan fingerprint density at radius 3 is 1.86 bits per heavy atom. The van der Waals surface area contributed by atoms with Gasteiger partial charge in [-0.3, -0.25) is 4.79 Å². The molecule has 3 aliphatic heterocycles. The molecule has 0 spiro atoms. The number of hydrogen-bond donors (Lipinski definition) is 13. The smallest absolute Gasteiger partial charge is 0.311 e. The Hall–Kier alpha value is -2.73. The van der Waals surface area contributed by atoms with E-state index in [2.05, 4.69) is 0 Å². The molecule has 0 saturated carbocycles. The van der Waals surface area contributed by atoms with Gasteiger partial charge in [0.2, 0.25) is 0 Å². The first-order valence-corrected chi connectivity index (χ1v) is 22.8. The molecule has 65 heavy (non-hydrogen) atoms. The van der Waals surface area contributed by atoms with Crippen LogP contribution in [0.4, 0.5) is 0 Å². The van der Waals surface area contributed by atoms with Gasteiger partial charge in [-0.25, -0.2) is 0 Å². The normalized spacial score (nSPS) is 46.5. The first-order chi connectivity index (χ1) is 30.6. The first kappa shape index (κ1) is 56.6. The molecule has 0 aromatic carbocycles. The number of ether oxygens (including phenoxy) is 4. The summed E-state index contributed by atoms with van der Waals surface area (Å²) in [6.07, 6.45) is 1.69. The Bertz CT molecular complexity index is 1570. The second-order valence-corrected chi connectivity index (χ2v) is 18.0. The number of fused-ring (bicyclic) bond motifs is 2. The zero-order valence-corrected chi connectivity index (χ0v) is 38.0. The molecular weight excluding hydrogens is 851 g/mol. The Morgan fingerprint density at radius 2 is 1.20 bits per heavy atom. The minimum absolute atomic E-state index is 0.120. The van der Waals surface area contributed by atoms with Crippen LogP contribution in [0.25, 0.3) is 0 Å². The summed E-state index contributed by atoms with van der Waals surface area (Å²) in [5.74, 6) is -5.98. The van der Waals surface area contributed by atoms with Crippen LogP contribution in [-0.4, -0.2) is 171 Å². The molecule has 0 amide bonds. The van der Waals surface area contributed by atoms with Gasteiger partial charge < -0.3 is 86.0 Å². The second-order valence-electron chi connectivity index (χ2n) is 18.0. The van der Waals surface area contributed by atoms with Crippen molar-refractivity contribution in [1.82, 2.24) is 0 Å². The van der Waals surface area contributed by atoms with Crippen molar-refractivity contribution in [1.29, 1.82) is 0 Å². The Kier molecular flexibility index (Phi) is 24.3. The molecule has 2 fully saturated rings. The highest BCUT2D eigenvalue weighted by Crippen LogP contribution is 2.38. The van der Waals surface area contributed by atoms with Gasteiger partial charge in [0.05, 0.1) is 79.3 Å². The molecule has 18 nitrogen and oxygen atoms in total. The van der Waals surface area contributed by atoms with Crippen LogP contribution >= 0.6 is 0 Å². The van der Waals surface area contributed by atoms with Crippen molar-refractivity contribution in [3.8, 4) is 0 Å². The highest BCUT2D eigenvalue weighted by molar-refractivity contribution is 5.71. The van der Waals surface area contributed by atoms with Crippen molar-refractivity contribution in [2.75, 3.05) is 0 Å². The van der Waals surface area contributed by atoms with E-state index in [1.165, 1.54) is 13.0 Å². The van der Waals surface area contributed by atoms with E-state index in [1.807, 2.05) is 49.5 Å². The fourth-order valence-electron chi connectivity index (χ4n) is 8.23. The number of carboxylic acid groups (broad SMARTS) is 1. The molecule has 0 aromatic heterocycles. The lowest BCUT2D eigenvalue weighted by molar-refractivity contribution is -0.310. The molecule has 20 atom stereocenters. The summed E-state index contributed by atoms with van der Waals surface area (Å²) in [5, 5.41) is 129. The molecule has 3 heterocycles. The lowest BCUT2D eigenvalue weighted by Gasteiger charge is -2.45. The fourth-order valence-corrected chi connectivity index (χ4v) is 8.23. The molecule has 10 unspecified atom stereocenters. The SMILES string of the molecule is C[C@@H]1[C@H](O)[C@@H](C)/C=C/C=C/CC/C=C/C=C/C=C/C=C/C(O[C@H]2O[C@H](C)[C@@H](O)[C@H](N)[C@@H]2O)CC2O[C@](O)(CC(O)C(O)CCC(O)CC(O)CC(O)CC(O)O[C@H]1C)CC(O)C2C(=O)O. The minimum Gasteiger partial charge on any atom is -0.481 e. The van der Waals surface area contributed by atoms with Gasteiger partial charge in [-0.15, -0.1) is 0 Å². The molecule has 3 rings (SSSR count). The summed E-state index contributed by atoms with van der Waals surface area (Å²) in [6.45, 7) is 6.91. The highest BCUT2D eigenvalue weighted by Gasteiger charge is 2.51. The van der Waals surface area contributed by atoms with Crippen LogP contribution in [0.1, 0.15) is 91.9 Å². The topological polar surface area (TPSA) is 323 Å². The van der Waals surface area contributed by atoms with Crippen LogP contribution in [0.2, 0.25) is 0 Å². The van der Waals surface area contributed by atoms with Crippen molar-refractivity contribution < 1.29 is 85.0 Å². The van der Waals surface area contributed by atoms with Gasteiger partial charge in [0.25, 0.3) is 0 Å². The largest absolute Gasteiger partial charge is 0.481 e. The van der Waals surface area contributed by atoms with E-state index in [4.69, 9.17) is 24.7 Å². The van der Waals surface area contributed by atoms with E-state index in [0.717, 1.165) is 12.8 Å². The monoisotopic (exact) mass is 928 g/mol. The number of allylic oxidation sites excluding steroid dienone is 10. The predicted molar refractivity (Wildman–Crippen MR) is 238 cm³/mol. The summed E-state index contributed by atoms with van der Waals surface area (Å²) in [6, 6.07) is -1.14. The van der Waals surface area contributed by atoms with Crippen molar-refractivity contribution >= 4 is 5.97 Å². The van der Waals surface area contributed by atoms with Crippen LogP contribution < -0.4 is 5.73 Å². The highest BCUT2D eigenvalue weighted by atomic mass is 16.7. The van der Waals surface area contributed by atoms with Gasteiger partial charge in [-0.1, -0.05) is 86.8 Å². The Morgan fingerprint density at radius 1 is 0.631 bits per heavy atom. The lowest BCUT2D eigenvalue weighted by Crippen LogP contribution is -2.61. The minimum atomic E-state index is -2.35. The molecular formula is C47H77NO17. The predicted octanol–water partition coefficient (Wildman–Crippen LogP) is 0.728. The number of aliphatic hydroxyl groups excluding tert-OH is 10. The molecule has 0 aliphatic carbocycles. The third-order valence-corrected chi connectivity index (χ3v) is 12.4. The van der Waals surface area contributed by atoms with Crippen LogP contribution in [-0.2, 0) is 23.7 Å². The molecule has 14 N–H and O–H groups in total. The summed E-state index contributed by atoms with van der Waals surface area (Å²) in [4.78, 5) is 12.5. The molecule has 0 aromatic rings. The van der Waals surface area contributed by atoms with Crippen LogP contribution in [0.15, 0.2) is 72.9 Å². The summed E-state index contributed by atoms with van der Waals surface area (Å²) >= 11 is 0. The molecule has 372 valence electrons. The number of rotatable bonds is 3. The number of aliphatic hydroxyl groups is 11. The number of carbonyl (C=O) groups is 1. The van der Waals surface area contributed by atoms with Crippen LogP contribution in [0.5, 0.6) is 0 Å². The number of nitrogens with two attached hydrogens (primary N) is 1. The second kappa shape index (κ2) is 27.9.